The van der Waals surface area contributed by atoms with Gasteiger partial charge >= 0.3 is 0 Å². The molecule has 0 saturated heterocycles. The summed E-state index contributed by atoms with van der Waals surface area (Å²) in [5.41, 5.74) is 1.00. The number of nitrogens with zero attached hydrogens (tertiary/aromatic N) is 3. The van der Waals surface area contributed by atoms with Crippen LogP contribution in [0.1, 0.15) is 0 Å². The van der Waals surface area contributed by atoms with Crippen LogP contribution in [0.25, 0.3) is 11.4 Å². The van der Waals surface area contributed by atoms with E-state index >= 15 is 0 Å². The molecule has 1 aromatic heterocycles. The Labute approximate surface area is 75.6 Å². The first-order valence-electron chi connectivity index (χ1n) is 3.52. The zero-order valence-corrected chi connectivity index (χ0v) is 7.15. The van der Waals surface area contributed by atoms with Gasteiger partial charge in [-0.15, -0.1) is 5.10 Å². The smallest absolute Gasteiger partial charge is 0.182 e. The second-order valence-electron chi connectivity index (χ2n) is 2.35. The highest BCUT2D eigenvalue weighted by Gasteiger charge is 1.99. The zero-order valence-electron chi connectivity index (χ0n) is 6.25. The standard InChI is InChI=1S/C8H7N3S/c12-11-6-9-8(10-11)7-4-2-1-3-5-7/h1-6,12H. The maximum absolute atomic E-state index is 4.06. The Morgan fingerprint density at radius 1 is 1.17 bits per heavy atom. The molecule has 1 heterocycles. The normalized spacial score (nSPS) is 10.1. The van der Waals surface area contributed by atoms with Gasteiger partial charge in [0.1, 0.15) is 6.33 Å². The van der Waals surface area contributed by atoms with Gasteiger partial charge in [-0.05, 0) is 12.8 Å². The highest BCUT2D eigenvalue weighted by Crippen LogP contribution is 2.12. The van der Waals surface area contributed by atoms with Crippen LogP contribution < -0.4 is 0 Å². The Morgan fingerprint density at radius 3 is 2.50 bits per heavy atom. The highest BCUT2D eigenvalue weighted by atomic mass is 32.1. The first kappa shape index (κ1) is 7.36. The van der Waals surface area contributed by atoms with Gasteiger partial charge in [-0.3, -0.25) is 0 Å². The fraction of sp³-hybridized carbons (Fsp3) is 0. The van der Waals surface area contributed by atoms with Crippen LogP contribution in [0.3, 0.4) is 0 Å². The Morgan fingerprint density at radius 2 is 1.92 bits per heavy atom. The summed E-state index contributed by atoms with van der Waals surface area (Å²) in [7, 11) is 0. The average molecular weight is 177 g/mol. The van der Waals surface area contributed by atoms with Crippen molar-refractivity contribution in [2.75, 3.05) is 0 Å². The molecule has 0 aliphatic heterocycles. The van der Waals surface area contributed by atoms with Crippen LogP contribution in [0.2, 0.25) is 0 Å². The van der Waals surface area contributed by atoms with E-state index in [1.807, 2.05) is 30.3 Å². The Bertz CT molecular complexity index is 369. The van der Waals surface area contributed by atoms with Gasteiger partial charge in [0.25, 0.3) is 0 Å². The molecule has 1 aromatic carbocycles. The quantitative estimate of drug-likeness (QED) is 0.671. The van der Waals surface area contributed by atoms with E-state index in [1.54, 1.807) is 6.33 Å². The SMILES string of the molecule is Sn1cnc(-c2ccccc2)n1. The maximum Gasteiger partial charge on any atom is 0.182 e. The van der Waals surface area contributed by atoms with Crippen molar-refractivity contribution < 1.29 is 0 Å². The molecule has 3 nitrogen and oxygen atoms in total. The predicted octanol–water partition coefficient (Wildman–Crippen LogP) is 1.64. The molecule has 0 N–H and O–H groups in total. The molecule has 0 unspecified atom stereocenters. The van der Waals surface area contributed by atoms with E-state index in [0.29, 0.717) is 5.82 Å². The summed E-state index contributed by atoms with van der Waals surface area (Å²) < 4.78 is 1.39. The van der Waals surface area contributed by atoms with Crippen molar-refractivity contribution >= 4 is 12.8 Å². The second-order valence-corrected chi connectivity index (χ2v) is 2.76. The van der Waals surface area contributed by atoms with Crippen molar-refractivity contribution in [1.82, 2.24) is 14.2 Å². The van der Waals surface area contributed by atoms with Crippen LogP contribution in [0, 0.1) is 0 Å². The summed E-state index contributed by atoms with van der Waals surface area (Å²) in [6, 6.07) is 9.79. The number of benzene rings is 1. The van der Waals surface area contributed by atoms with Gasteiger partial charge in [0, 0.05) is 5.56 Å². The number of aromatic nitrogens is 3. The van der Waals surface area contributed by atoms with Gasteiger partial charge in [0.05, 0.1) is 0 Å². The van der Waals surface area contributed by atoms with Crippen molar-refractivity contribution in [1.29, 1.82) is 0 Å². The molecule has 2 rings (SSSR count). The first-order valence-corrected chi connectivity index (χ1v) is 3.92. The van der Waals surface area contributed by atoms with Crippen molar-refractivity contribution in [3.8, 4) is 11.4 Å². The van der Waals surface area contributed by atoms with Crippen LogP contribution >= 0.6 is 12.8 Å². The molecular weight excluding hydrogens is 170 g/mol. The molecule has 0 atom stereocenters. The van der Waals surface area contributed by atoms with E-state index in [2.05, 4.69) is 22.9 Å². The fourth-order valence-corrected chi connectivity index (χ4v) is 1.11. The van der Waals surface area contributed by atoms with Crippen LogP contribution in [0.15, 0.2) is 36.7 Å². The molecule has 2 aromatic rings. The number of rotatable bonds is 1. The van der Waals surface area contributed by atoms with Gasteiger partial charge in [0.15, 0.2) is 5.82 Å². The molecule has 0 saturated carbocycles. The molecule has 0 bridgehead atoms. The van der Waals surface area contributed by atoms with Gasteiger partial charge in [0.2, 0.25) is 0 Å². The minimum atomic E-state index is 0.700. The van der Waals surface area contributed by atoms with Crippen molar-refractivity contribution in [3.05, 3.63) is 36.7 Å². The summed E-state index contributed by atoms with van der Waals surface area (Å²) in [5, 5.41) is 4.05. The minimum Gasteiger partial charge on any atom is -0.214 e. The lowest BCUT2D eigenvalue weighted by Crippen LogP contribution is -1.82. The average Bonchev–Trinajstić information content (AvgIpc) is 2.54. The predicted molar refractivity (Wildman–Crippen MR) is 49.8 cm³/mol. The monoisotopic (exact) mass is 177 g/mol. The van der Waals surface area contributed by atoms with E-state index in [9.17, 15) is 0 Å². The summed E-state index contributed by atoms with van der Waals surface area (Å²) in [6.45, 7) is 0. The number of hydrogen-bond donors (Lipinski definition) is 1. The lowest BCUT2D eigenvalue weighted by molar-refractivity contribution is 1.02. The van der Waals surface area contributed by atoms with Crippen LogP contribution in [0.5, 0.6) is 0 Å². The van der Waals surface area contributed by atoms with E-state index in [-0.39, 0.29) is 0 Å². The van der Waals surface area contributed by atoms with Gasteiger partial charge < -0.3 is 0 Å². The third kappa shape index (κ3) is 1.33. The van der Waals surface area contributed by atoms with E-state index in [4.69, 9.17) is 0 Å². The molecule has 0 spiro atoms. The molecule has 0 aliphatic carbocycles. The molecular formula is C8H7N3S. The highest BCUT2D eigenvalue weighted by molar-refractivity contribution is 7.78. The van der Waals surface area contributed by atoms with Gasteiger partial charge in [-0.2, -0.15) is 4.09 Å². The lowest BCUT2D eigenvalue weighted by Gasteiger charge is -1.91. The van der Waals surface area contributed by atoms with Crippen LogP contribution in [0.4, 0.5) is 0 Å². The van der Waals surface area contributed by atoms with E-state index in [0.717, 1.165) is 5.56 Å². The molecule has 0 amide bonds. The van der Waals surface area contributed by atoms with Crippen LogP contribution in [-0.2, 0) is 0 Å². The minimum absolute atomic E-state index is 0.700. The number of thiol groups is 1. The molecule has 12 heavy (non-hydrogen) atoms. The summed E-state index contributed by atoms with van der Waals surface area (Å²) in [6.07, 6.45) is 1.56. The van der Waals surface area contributed by atoms with Gasteiger partial charge in [-0.1, -0.05) is 30.3 Å². The van der Waals surface area contributed by atoms with E-state index < -0.39 is 0 Å². The van der Waals surface area contributed by atoms with E-state index in [1.165, 1.54) is 4.09 Å². The Hall–Kier alpha value is -1.29. The summed E-state index contributed by atoms with van der Waals surface area (Å²) >= 11 is 4.00. The second kappa shape index (κ2) is 2.98. The molecule has 0 aliphatic rings. The summed E-state index contributed by atoms with van der Waals surface area (Å²) in [5.74, 6) is 0.700. The van der Waals surface area contributed by atoms with Crippen molar-refractivity contribution in [2.45, 2.75) is 0 Å². The molecule has 0 fully saturated rings. The zero-order chi connectivity index (χ0) is 8.39. The Kier molecular flexibility index (Phi) is 1.83. The largest absolute Gasteiger partial charge is 0.214 e. The van der Waals surface area contributed by atoms with Crippen molar-refractivity contribution in [2.24, 2.45) is 0 Å². The third-order valence-electron chi connectivity index (χ3n) is 1.51. The topological polar surface area (TPSA) is 30.7 Å². The maximum atomic E-state index is 4.06. The third-order valence-corrected chi connectivity index (χ3v) is 1.71. The lowest BCUT2D eigenvalue weighted by atomic mass is 10.2. The van der Waals surface area contributed by atoms with Crippen molar-refractivity contribution in [3.63, 3.8) is 0 Å². The van der Waals surface area contributed by atoms with Crippen LogP contribution in [-0.4, -0.2) is 14.2 Å². The molecule has 0 radical (unpaired) electrons. The summed E-state index contributed by atoms with van der Waals surface area (Å²) in [4.78, 5) is 4.06. The molecule has 4 heteroatoms. The number of hydrogen-bond acceptors (Lipinski definition) is 3. The molecule has 60 valence electrons. The Balaban J connectivity index is 2.45. The first-order chi connectivity index (χ1) is 5.86. The van der Waals surface area contributed by atoms with Gasteiger partial charge in [-0.25, -0.2) is 4.98 Å². The fourth-order valence-electron chi connectivity index (χ4n) is 0.975.